The molecular weight excluding hydrogens is 583 g/mol. The van der Waals surface area contributed by atoms with Gasteiger partial charge in [-0.3, -0.25) is 4.79 Å². The van der Waals surface area contributed by atoms with E-state index in [0.717, 1.165) is 28.1 Å². The average molecular weight is 629 g/mol. The lowest BCUT2D eigenvalue weighted by Crippen LogP contribution is -2.46. The van der Waals surface area contributed by atoms with Crippen LogP contribution in [0.2, 0.25) is 0 Å². The quantitative estimate of drug-likeness (QED) is 0.159. The molecule has 2 heterocycles. The molecule has 4 aromatic rings. The number of carbonyl (C=O) groups is 1. The Hall–Kier alpha value is -3.82. The van der Waals surface area contributed by atoms with Crippen LogP contribution < -0.4 is 5.32 Å². The number of ether oxygens (including phenoxy) is 4. The van der Waals surface area contributed by atoms with E-state index in [-0.39, 0.29) is 36.1 Å². The van der Waals surface area contributed by atoms with Gasteiger partial charge in [0.05, 0.1) is 23.5 Å². The highest BCUT2D eigenvalue weighted by molar-refractivity contribution is 6.12. The maximum absolute atomic E-state index is 14.3. The second-order valence-corrected chi connectivity index (χ2v) is 12.5. The number of methoxy groups -OCH3 is 2. The summed E-state index contributed by atoms with van der Waals surface area (Å²) in [4.78, 5) is 14.3. The lowest BCUT2D eigenvalue weighted by molar-refractivity contribution is -0.308. The number of anilines is 1. The van der Waals surface area contributed by atoms with Gasteiger partial charge in [-0.05, 0) is 73.7 Å². The molecule has 5 rings (SSSR count). The number of nitrogens with one attached hydrogen (secondary N) is 1. The Morgan fingerprint density at radius 1 is 0.913 bits per heavy atom. The first-order valence-electron chi connectivity index (χ1n) is 16.0. The summed E-state index contributed by atoms with van der Waals surface area (Å²) in [6.45, 7) is 8.64. The maximum atomic E-state index is 14.3. The summed E-state index contributed by atoms with van der Waals surface area (Å²) in [5, 5.41) is 3.14. The zero-order chi connectivity index (χ0) is 32.8. The molecule has 1 amide bonds. The second kappa shape index (κ2) is 14.7. The molecule has 0 radical (unpaired) electrons. The van der Waals surface area contributed by atoms with Gasteiger partial charge in [-0.25, -0.2) is 4.39 Å². The van der Waals surface area contributed by atoms with Crippen molar-refractivity contribution in [1.82, 2.24) is 4.57 Å². The predicted molar refractivity (Wildman–Crippen MR) is 179 cm³/mol. The SMILES string of the molecule is COC(C[C@H]1C[C@@H](CCn2c(-c3ccc(F)cc3)c(-c3ccccc3)c(C(=O)Nc3ccccc3)c2C(C)C)OC(C)(C)O1)OC. The van der Waals surface area contributed by atoms with Crippen molar-refractivity contribution in [3.8, 4) is 22.4 Å². The summed E-state index contributed by atoms with van der Waals surface area (Å²) < 4.78 is 40.1. The van der Waals surface area contributed by atoms with Crippen molar-refractivity contribution in [2.24, 2.45) is 0 Å². The smallest absolute Gasteiger partial charge is 0.258 e. The molecule has 0 spiro atoms. The fourth-order valence-electron chi connectivity index (χ4n) is 6.53. The highest BCUT2D eigenvalue weighted by atomic mass is 19.1. The molecule has 244 valence electrons. The molecule has 1 aliphatic rings. The fraction of sp³-hybridized carbons (Fsp3) is 0.395. The van der Waals surface area contributed by atoms with Crippen molar-refractivity contribution >= 4 is 11.6 Å². The third-order valence-corrected chi connectivity index (χ3v) is 8.37. The topological polar surface area (TPSA) is 71.0 Å². The van der Waals surface area contributed by atoms with Crippen molar-refractivity contribution in [2.45, 2.75) is 83.7 Å². The number of benzene rings is 3. The van der Waals surface area contributed by atoms with Crippen molar-refractivity contribution in [3.05, 3.63) is 102 Å². The fourth-order valence-corrected chi connectivity index (χ4v) is 6.53. The largest absolute Gasteiger partial charge is 0.356 e. The normalized spacial score (nSPS) is 17.8. The Kier molecular flexibility index (Phi) is 10.7. The zero-order valence-corrected chi connectivity index (χ0v) is 27.6. The predicted octanol–water partition coefficient (Wildman–Crippen LogP) is 8.65. The number of halogens is 1. The summed E-state index contributed by atoms with van der Waals surface area (Å²) in [6.07, 6.45) is 1.32. The van der Waals surface area contributed by atoms with Crippen LogP contribution in [0.5, 0.6) is 0 Å². The average Bonchev–Trinajstić information content (AvgIpc) is 3.39. The lowest BCUT2D eigenvalue weighted by Gasteiger charge is -2.41. The van der Waals surface area contributed by atoms with Crippen LogP contribution in [0.3, 0.4) is 0 Å². The van der Waals surface area contributed by atoms with Gasteiger partial charge >= 0.3 is 0 Å². The third-order valence-electron chi connectivity index (χ3n) is 8.37. The minimum Gasteiger partial charge on any atom is -0.356 e. The van der Waals surface area contributed by atoms with Crippen molar-refractivity contribution < 1.29 is 28.1 Å². The van der Waals surface area contributed by atoms with E-state index in [1.807, 2.05) is 74.5 Å². The van der Waals surface area contributed by atoms with E-state index in [4.69, 9.17) is 18.9 Å². The number of hydrogen-bond donors (Lipinski definition) is 1. The van der Waals surface area contributed by atoms with Crippen LogP contribution in [0.4, 0.5) is 10.1 Å². The molecule has 1 aliphatic heterocycles. The van der Waals surface area contributed by atoms with E-state index in [1.54, 1.807) is 26.4 Å². The summed E-state index contributed by atoms with van der Waals surface area (Å²) in [7, 11) is 3.25. The van der Waals surface area contributed by atoms with Gasteiger partial charge in [-0.1, -0.05) is 62.4 Å². The van der Waals surface area contributed by atoms with E-state index >= 15 is 0 Å². The number of nitrogens with zero attached hydrogens (tertiary/aromatic N) is 1. The minimum atomic E-state index is -0.785. The molecule has 3 aromatic carbocycles. The first-order chi connectivity index (χ1) is 22.1. The molecular formula is C38H45FN2O5. The first kappa shape index (κ1) is 33.5. The molecule has 0 aliphatic carbocycles. The molecule has 1 N–H and O–H groups in total. The molecule has 8 heteroatoms. The van der Waals surface area contributed by atoms with Gasteiger partial charge in [0, 0.05) is 50.6 Å². The number of para-hydroxylation sites is 1. The summed E-state index contributed by atoms with van der Waals surface area (Å²) in [5.41, 5.74) is 5.66. The van der Waals surface area contributed by atoms with Gasteiger partial charge in [0.2, 0.25) is 0 Å². The second-order valence-electron chi connectivity index (χ2n) is 12.5. The lowest BCUT2D eigenvalue weighted by atomic mass is 9.94. The highest BCUT2D eigenvalue weighted by Gasteiger charge is 2.37. The molecule has 2 atom stereocenters. The van der Waals surface area contributed by atoms with Crippen LogP contribution in [0.15, 0.2) is 84.9 Å². The number of aromatic nitrogens is 1. The number of rotatable bonds is 12. The van der Waals surface area contributed by atoms with Gasteiger partial charge in [0.25, 0.3) is 5.91 Å². The molecule has 7 nitrogen and oxygen atoms in total. The Balaban J connectivity index is 1.62. The highest BCUT2D eigenvalue weighted by Crippen LogP contribution is 2.43. The molecule has 46 heavy (non-hydrogen) atoms. The summed E-state index contributed by atoms with van der Waals surface area (Å²) in [5.74, 6) is -1.29. The van der Waals surface area contributed by atoms with Crippen molar-refractivity contribution in [3.63, 3.8) is 0 Å². The van der Waals surface area contributed by atoms with E-state index in [2.05, 4.69) is 23.7 Å². The number of hydrogen-bond acceptors (Lipinski definition) is 5. The standard InChI is InChI=1S/C38H45FN2O5/c1-25(2)35-34(37(42)40-29-15-11-8-12-16-29)33(26-13-9-7-10-14-26)36(27-17-19-28(39)20-18-27)41(35)22-21-30-23-31(24-32(43-5)44-6)46-38(3,4)45-30/h7-20,25,30-32H,21-24H2,1-6H3,(H,40,42)/t30-,31-/m1/s1. The molecule has 0 saturated carbocycles. The van der Waals surface area contributed by atoms with Gasteiger partial charge < -0.3 is 28.8 Å². The van der Waals surface area contributed by atoms with Crippen LogP contribution in [0.25, 0.3) is 22.4 Å². The third kappa shape index (κ3) is 7.76. The van der Waals surface area contributed by atoms with E-state index in [0.29, 0.717) is 37.1 Å². The Bertz CT molecular complexity index is 1580. The molecule has 1 aromatic heterocycles. The molecule has 0 bridgehead atoms. The van der Waals surface area contributed by atoms with Gasteiger partial charge in [-0.2, -0.15) is 0 Å². The number of amides is 1. The maximum Gasteiger partial charge on any atom is 0.258 e. The van der Waals surface area contributed by atoms with Crippen LogP contribution in [0, 0.1) is 5.82 Å². The Morgan fingerprint density at radius 3 is 2.13 bits per heavy atom. The Morgan fingerprint density at radius 2 is 1.52 bits per heavy atom. The molecule has 0 unspecified atom stereocenters. The first-order valence-corrected chi connectivity index (χ1v) is 16.0. The van der Waals surface area contributed by atoms with Crippen LogP contribution in [-0.4, -0.2) is 49.0 Å². The van der Waals surface area contributed by atoms with Gasteiger partial charge in [0.1, 0.15) is 5.82 Å². The van der Waals surface area contributed by atoms with Crippen LogP contribution in [-0.2, 0) is 25.5 Å². The summed E-state index contributed by atoms with van der Waals surface area (Å²) >= 11 is 0. The molecule has 1 fully saturated rings. The number of carbonyl (C=O) groups excluding carboxylic acids is 1. The van der Waals surface area contributed by atoms with Gasteiger partial charge in [-0.15, -0.1) is 0 Å². The van der Waals surface area contributed by atoms with Crippen LogP contribution in [0.1, 0.15) is 68.9 Å². The van der Waals surface area contributed by atoms with E-state index in [1.165, 1.54) is 12.1 Å². The Labute approximate surface area is 271 Å². The van der Waals surface area contributed by atoms with E-state index in [9.17, 15) is 9.18 Å². The molecule has 1 saturated heterocycles. The van der Waals surface area contributed by atoms with Gasteiger partial charge in [0.15, 0.2) is 12.1 Å². The monoisotopic (exact) mass is 628 g/mol. The van der Waals surface area contributed by atoms with E-state index < -0.39 is 5.79 Å². The zero-order valence-electron chi connectivity index (χ0n) is 27.6. The summed E-state index contributed by atoms with van der Waals surface area (Å²) in [6, 6.07) is 25.9. The van der Waals surface area contributed by atoms with Crippen LogP contribution >= 0.6 is 0 Å². The van der Waals surface area contributed by atoms with Crippen molar-refractivity contribution in [2.75, 3.05) is 19.5 Å². The van der Waals surface area contributed by atoms with Crippen molar-refractivity contribution in [1.29, 1.82) is 0 Å². The minimum absolute atomic E-state index is 0.00264.